The second kappa shape index (κ2) is 20.5. The summed E-state index contributed by atoms with van der Waals surface area (Å²) in [6.45, 7) is 20.0. The molecule has 1 aliphatic rings. The van der Waals surface area contributed by atoms with Crippen molar-refractivity contribution in [3.63, 3.8) is 0 Å². The molecular weight excluding hydrogens is 829 g/mol. The minimum Gasteiger partial charge on any atom is -0.841 e. The molecule has 0 amide bonds. The molecule has 0 fully saturated rings. The number of nitrogens with zero attached hydrogens (tertiary/aromatic N) is 5. The molecule has 0 radical (unpaired) electrons. The summed E-state index contributed by atoms with van der Waals surface area (Å²) in [4.78, 5) is 6.17. The van der Waals surface area contributed by atoms with Crippen LogP contribution in [0.15, 0.2) is 29.3 Å². The molecule has 210 valence electrons. The summed E-state index contributed by atoms with van der Waals surface area (Å²) in [5.74, 6) is 1.49. The second-order valence-electron chi connectivity index (χ2n) is 8.43. The van der Waals surface area contributed by atoms with E-state index in [4.69, 9.17) is 16.6 Å². The molecule has 3 heterocycles. The molecule has 0 saturated carbocycles. The van der Waals surface area contributed by atoms with Crippen LogP contribution in [0.1, 0.15) is 87.7 Å². The Kier molecular flexibility index (Phi) is 22.7. The van der Waals surface area contributed by atoms with E-state index < -0.39 is 6.04 Å². The van der Waals surface area contributed by atoms with Crippen molar-refractivity contribution in [3.8, 4) is 5.00 Å². The number of hydrogen-bond acceptors (Lipinski definition) is 5. The predicted octanol–water partition coefficient (Wildman–Crippen LogP) is 8.74. The van der Waals surface area contributed by atoms with Gasteiger partial charge in [0.25, 0.3) is 0 Å². The van der Waals surface area contributed by atoms with Crippen molar-refractivity contribution in [2.24, 2.45) is 4.99 Å². The molecule has 1 atom stereocenters. The second-order valence-corrected chi connectivity index (χ2v) is 10.1. The number of hydrogen-bond donors (Lipinski definition) is 0. The fourth-order valence-corrected chi connectivity index (χ4v) is 4.51. The molecule has 4 rings (SSSR count). The maximum Gasteiger partial charge on any atom is 3.00 e. The van der Waals surface area contributed by atoms with Crippen molar-refractivity contribution in [1.29, 1.82) is 0 Å². The van der Waals surface area contributed by atoms with Gasteiger partial charge in [-0.2, -0.15) is 0 Å². The van der Waals surface area contributed by atoms with E-state index in [1.54, 1.807) is 17.8 Å². The summed E-state index contributed by atoms with van der Waals surface area (Å²) in [5.41, 5.74) is 4.04. The molecule has 0 bridgehead atoms. The summed E-state index contributed by atoms with van der Waals surface area (Å²) in [6, 6.07) is 7.24. The number of aliphatic imine (C=N–C) groups is 1. The van der Waals surface area contributed by atoms with Gasteiger partial charge in [-0.1, -0.05) is 51.4 Å². The standard InChI is InChI=1S/C19H16ClN5S.C5H11O.2C2H6.CH3.U.Y/c1-10-11(2)26-19-16(10)17(13-4-6-14(20)7-5-13)22-15(8-9-21)18-24-23-12(3)25(18)19;1-5(2,3)6-4;2*1-2;;;/h4-9,15H,1-3H3;4H2,1-3H3;2*1-2H3;1H3;;/q-2;-1;;;-1;;+3. The first-order valence-corrected chi connectivity index (χ1v) is 13.4. The van der Waals surface area contributed by atoms with Gasteiger partial charge in [0.2, 0.25) is 0 Å². The van der Waals surface area contributed by atoms with Crippen LogP contribution in [0.25, 0.3) is 10.4 Å². The van der Waals surface area contributed by atoms with Gasteiger partial charge in [-0.05, 0) is 59.2 Å². The average Bonchev–Trinajstić information content (AvgIpc) is 3.34. The van der Waals surface area contributed by atoms with Crippen LogP contribution in [-0.4, -0.2) is 32.3 Å². The fourth-order valence-electron chi connectivity index (χ4n) is 3.17. The van der Waals surface area contributed by atoms with Gasteiger partial charge >= 0.3 is 32.7 Å². The minimum absolute atomic E-state index is 0. The van der Waals surface area contributed by atoms with E-state index >= 15 is 0 Å². The molecule has 39 heavy (non-hydrogen) atoms. The van der Waals surface area contributed by atoms with Crippen LogP contribution in [0.3, 0.4) is 0 Å². The van der Waals surface area contributed by atoms with Gasteiger partial charge in [0.1, 0.15) is 16.6 Å². The van der Waals surface area contributed by atoms with Crippen molar-refractivity contribution >= 4 is 34.9 Å². The van der Waals surface area contributed by atoms with Crippen LogP contribution in [0, 0.1) is 72.8 Å². The first-order valence-electron chi connectivity index (χ1n) is 12.2. The Bertz CT molecular complexity index is 1150. The first kappa shape index (κ1) is 43.1. The minimum atomic E-state index is -0.425. The molecule has 1 unspecified atom stereocenters. The number of ether oxygens (including phenoxy) is 1. The van der Waals surface area contributed by atoms with Gasteiger partial charge in [0.15, 0.2) is 0 Å². The number of fused-ring (bicyclic) bond motifs is 3. The van der Waals surface area contributed by atoms with Crippen molar-refractivity contribution in [2.75, 3.05) is 0 Å². The van der Waals surface area contributed by atoms with E-state index in [1.165, 1.54) is 10.4 Å². The maximum atomic E-state index is 9.38. The molecule has 2 aromatic heterocycles. The molecule has 0 N–H and O–H groups in total. The Morgan fingerprint density at radius 2 is 1.59 bits per heavy atom. The zero-order valence-corrected chi connectivity index (χ0v) is 33.8. The third kappa shape index (κ3) is 11.5. The van der Waals surface area contributed by atoms with Crippen molar-refractivity contribution < 1.29 is 68.6 Å². The van der Waals surface area contributed by atoms with Crippen molar-refractivity contribution in [1.82, 2.24) is 14.8 Å². The van der Waals surface area contributed by atoms with Crippen LogP contribution >= 0.6 is 22.9 Å². The van der Waals surface area contributed by atoms with Crippen molar-refractivity contribution in [3.05, 3.63) is 88.9 Å². The molecule has 0 aliphatic carbocycles. The van der Waals surface area contributed by atoms with E-state index in [0.717, 1.165) is 33.9 Å². The monoisotopic (exact) mass is 870 g/mol. The van der Waals surface area contributed by atoms with Gasteiger partial charge in [0, 0.05) is 63.8 Å². The average molecular weight is 871 g/mol. The van der Waals surface area contributed by atoms with Gasteiger partial charge < -0.3 is 35.2 Å². The SMILES string of the molecule is CC.CC.Cc1sc2c(c1C)C(c1ccc(Cl)cc1)=NC([CH-]C=[N-])c1nnc(C)n1-2.[CH2-]OC(C)(C)C.[CH3-].[U].[Y+3]. The topological polar surface area (TPSA) is 74.6 Å². The predicted molar refractivity (Wildman–Crippen MR) is 162 cm³/mol. The largest absolute Gasteiger partial charge is 3.00 e. The smallest absolute Gasteiger partial charge is 0.841 e. The summed E-state index contributed by atoms with van der Waals surface area (Å²) in [6.07, 6.45) is 2.63. The van der Waals surface area contributed by atoms with Crippen LogP contribution < -0.4 is 0 Å². The summed E-state index contributed by atoms with van der Waals surface area (Å²) >= 11 is 7.77. The number of halogens is 1. The normalized spacial score (nSPS) is 12.6. The molecule has 1 aromatic carbocycles. The molecule has 0 spiro atoms. The Morgan fingerprint density at radius 3 is 2.05 bits per heavy atom. The van der Waals surface area contributed by atoms with Crippen LogP contribution in [0.4, 0.5) is 0 Å². The third-order valence-corrected chi connectivity index (χ3v) is 6.45. The molecule has 3 aromatic rings. The zero-order valence-electron chi connectivity index (χ0n) is 25.3. The summed E-state index contributed by atoms with van der Waals surface area (Å²) in [7, 11) is 3.26. The fraction of sp³-hybridized carbons (Fsp3) is 0.414. The molecule has 10 heteroatoms. The number of rotatable bonds is 3. The molecule has 6 nitrogen and oxygen atoms in total. The third-order valence-electron chi connectivity index (χ3n) is 5.01. The van der Waals surface area contributed by atoms with Gasteiger partial charge in [-0.3, -0.25) is 4.57 Å². The number of benzene rings is 1. The van der Waals surface area contributed by atoms with Crippen LogP contribution in [0.2, 0.25) is 5.02 Å². The Balaban J connectivity index is -0.000000877. The van der Waals surface area contributed by atoms with Gasteiger partial charge in [0.05, 0.1) is 5.71 Å². The van der Waals surface area contributed by atoms with Gasteiger partial charge in [-0.15, -0.1) is 21.5 Å². The quantitative estimate of drug-likeness (QED) is 0.195. The van der Waals surface area contributed by atoms with Crippen LogP contribution in [0.5, 0.6) is 0 Å². The van der Waals surface area contributed by atoms with E-state index in [2.05, 4.69) is 35.9 Å². The van der Waals surface area contributed by atoms with E-state index in [0.29, 0.717) is 10.8 Å². The van der Waals surface area contributed by atoms with Gasteiger partial charge in [-0.25, -0.2) is 7.11 Å². The molecule has 0 saturated heterocycles. The number of thiophene rings is 1. The van der Waals surface area contributed by atoms with E-state index in [-0.39, 0.29) is 76.9 Å². The Hall–Kier alpha value is -0.324. The molecular formula is C29H42ClN5OSUY-. The van der Waals surface area contributed by atoms with Crippen molar-refractivity contribution in [2.45, 2.75) is 80.9 Å². The van der Waals surface area contributed by atoms with Crippen LogP contribution in [-0.2, 0) is 37.4 Å². The zero-order chi connectivity index (χ0) is 27.6. The Morgan fingerprint density at radius 1 is 1.08 bits per heavy atom. The first-order chi connectivity index (χ1) is 17.1. The number of aryl methyl sites for hydroxylation is 2. The number of aromatic nitrogens is 3. The van der Waals surface area contributed by atoms with E-state index in [1.807, 2.05) is 84.2 Å². The molecule has 1 aliphatic heterocycles. The Labute approximate surface area is 294 Å². The van der Waals surface area contributed by atoms with E-state index in [9.17, 15) is 5.41 Å². The summed E-state index contributed by atoms with van der Waals surface area (Å²) in [5, 5.41) is 19.7. The summed E-state index contributed by atoms with van der Waals surface area (Å²) < 4.78 is 6.73. The maximum absolute atomic E-state index is 9.38.